The minimum atomic E-state index is -0.246. The van der Waals surface area contributed by atoms with Crippen LogP contribution in [-0.2, 0) is 14.9 Å². The molecular weight excluding hydrogens is 250 g/mol. The Labute approximate surface area is 121 Å². The van der Waals surface area contributed by atoms with Crippen LogP contribution in [-0.4, -0.2) is 25.7 Å². The summed E-state index contributed by atoms with van der Waals surface area (Å²) in [5.74, 6) is 0.178. The summed E-state index contributed by atoms with van der Waals surface area (Å²) in [5, 5.41) is 3.06. The molecule has 3 heteroatoms. The molecule has 0 atom stereocenters. The largest absolute Gasteiger partial charge is 0.381 e. The Morgan fingerprint density at radius 1 is 1.20 bits per heavy atom. The van der Waals surface area contributed by atoms with E-state index < -0.39 is 0 Å². The van der Waals surface area contributed by atoms with Gasteiger partial charge in [-0.1, -0.05) is 43.7 Å². The number of nitrogens with one attached hydrogen (secondary N) is 1. The van der Waals surface area contributed by atoms with E-state index in [2.05, 4.69) is 24.4 Å². The van der Waals surface area contributed by atoms with Crippen molar-refractivity contribution in [1.29, 1.82) is 0 Å². The highest BCUT2D eigenvalue weighted by molar-refractivity contribution is 5.91. The molecule has 1 fully saturated rings. The predicted molar refractivity (Wildman–Crippen MR) is 80.7 cm³/mol. The lowest BCUT2D eigenvalue weighted by Gasteiger charge is -2.15. The van der Waals surface area contributed by atoms with Gasteiger partial charge in [-0.05, 0) is 31.2 Å². The molecule has 2 rings (SSSR count). The highest BCUT2D eigenvalue weighted by Gasteiger charge is 2.50. The fraction of sp³-hybridized carbons (Fsp3) is 0.588. The summed E-state index contributed by atoms with van der Waals surface area (Å²) in [4.78, 5) is 12.3. The van der Waals surface area contributed by atoms with Crippen LogP contribution in [0.3, 0.4) is 0 Å². The molecule has 0 radical (unpaired) electrons. The molecule has 1 aromatic rings. The second-order valence-corrected chi connectivity index (χ2v) is 5.52. The molecule has 0 bridgehead atoms. The highest BCUT2D eigenvalue weighted by atomic mass is 16.5. The Morgan fingerprint density at radius 3 is 2.55 bits per heavy atom. The van der Waals surface area contributed by atoms with Crippen molar-refractivity contribution in [3.05, 3.63) is 35.9 Å². The molecule has 1 saturated carbocycles. The monoisotopic (exact) mass is 275 g/mol. The summed E-state index contributed by atoms with van der Waals surface area (Å²) in [5.41, 5.74) is 0.904. The first-order chi connectivity index (χ1) is 9.79. The molecule has 0 aliphatic heterocycles. The average Bonchev–Trinajstić information content (AvgIpc) is 3.29. The van der Waals surface area contributed by atoms with E-state index in [0.29, 0.717) is 6.54 Å². The van der Waals surface area contributed by atoms with Gasteiger partial charge < -0.3 is 10.1 Å². The second-order valence-electron chi connectivity index (χ2n) is 5.52. The second kappa shape index (κ2) is 7.44. The van der Waals surface area contributed by atoms with Crippen molar-refractivity contribution in [2.24, 2.45) is 0 Å². The maximum absolute atomic E-state index is 12.3. The molecule has 1 aliphatic carbocycles. The van der Waals surface area contributed by atoms with Crippen LogP contribution in [0.2, 0.25) is 0 Å². The molecule has 1 amide bonds. The van der Waals surface area contributed by atoms with Crippen LogP contribution in [0.4, 0.5) is 0 Å². The Bertz CT molecular complexity index is 412. The zero-order valence-electron chi connectivity index (χ0n) is 12.4. The van der Waals surface area contributed by atoms with Crippen LogP contribution in [0.5, 0.6) is 0 Å². The van der Waals surface area contributed by atoms with E-state index in [4.69, 9.17) is 4.74 Å². The topological polar surface area (TPSA) is 38.3 Å². The van der Waals surface area contributed by atoms with Gasteiger partial charge >= 0.3 is 0 Å². The van der Waals surface area contributed by atoms with Gasteiger partial charge in [0.25, 0.3) is 0 Å². The molecule has 1 N–H and O–H groups in total. The lowest BCUT2D eigenvalue weighted by molar-refractivity contribution is -0.123. The standard InChI is InChI=1S/C17H25NO2/c1-2-3-13-20-14-7-12-18-16(19)17(10-11-17)15-8-5-4-6-9-15/h4-6,8-9H,2-3,7,10-14H2,1H3,(H,18,19). The third-order valence-electron chi connectivity index (χ3n) is 3.90. The fourth-order valence-electron chi connectivity index (χ4n) is 2.42. The Balaban J connectivity index is 1.68. The van der Waals surface area contributed by atoms with Crippen LogP contribution >= 0.6 is 0 Å². The Hall–Kier alpha value is -1.35. The first-order valence-corrected chi connectivity index (χ1v) is 7.71. The quantitative estimate of drug-likeness (QED) is 0.703. The number of hydrogen-bond donors (Lipinski definition) is 1. The number of carbonyl (C=O) groups is 1. The summed E-state index contributed by atoms with van der Waals surface area (Å²) in [6.07, 6.45) is 5.10. The van der Waals surface area contributed by atoms with Crippen molar-refractivity contribution >= 4 is 5.91 Å². The van der Waals surface area contributed by atoms with Gasteiger partial charge in [-0.15, -0.1) is 0 Å². The third-order valence-corrected chi connectivity index (χ3v) is 3.90. The molecule has 1 aromatic carbocycles. The van der Waals surface area contributed by atoms with Crippen molar-refractivity contribution in [3.8, 4) is 0 Å². The van der Waals surface area contributed by atoms with Crippen molar-refractivity contribution in [1.82, 2.24) is 5.32 Å². The van der Waals surface area contributed by atoms with Crippen molar-refractivity contribution in [2.75, 3.05) is 19.8 Å². The summed E-state index contributed by atoms with van der Waals surface area (Å²) in [7, 11) is 0. The Morgan fingerprint density at radius 2 is 1.90 bits per heavy atom. The van der Waals surface area contributed by atoms with Crippen LogP contribution < -0.4 is 5.32 Å². The molecule has 0 unspecified atom stereocenters. The predicted octanol–water partition coefficient (Wildman–Crippen LogP) is 3.04. The smallest absolute Gasteiger partial charge is 0.230 e. The normalized spacial score (nSPS) is 15.8. The minimum Gasteiger partial charge on any atom is -0.381 e. The third kappa shape index (κ3) is 3.83. The molecule has 0 heterocycles. The van der Waals surface area contributed by atoms with Gasteiger partial charge in [0, 0.05) is 19.8 Å². The first kappa shape index (κ1) is 15.0. The highest BCUT2D eigenvalue weighted by Crippen LogP contribution is 2.48. The van der Waals surface area contributed by atoms with E-state index in [9.17, 15) is 4.79 Å². The van der Waals surface area contributed by atoms with Gasteiger partial charge in [0.1, 0.15) is 0 Å². The summed E-state index contributed by atoms with van der Waals surface area (Å²) < 4.78 is 5.49. The van der Waals surface area contributed by atoms with Crippen LogP contribution in [0, 0.1) is 0 Å². The lowest BCUT2D eigenvalue weighted by atomic mass is 9.95. The van der Waals surface area contributed by atoms with Crippen LogP contribution in [0.25, 0.3) is 0 Å². The van der Waals surface area contributed by atoms with Gasteiger partial charge in [-0.3, -0.25) is 4.79 Å². The van der Waals surface area contributed by atoms with E-state index in [-0.39, 0.29) is 11.3 Å². The van der Waals surface area contributed by atoms with Crippen molar-refractivity contribution in [3.63, 3.8) is 0 Å². The van der Waals surface area contributed by atoms with E-state index in [1.807, 2.05) is 18.2 Å². The average molecular weight is 275 g/mol. The van der Waals surface area contributed by atoms with Gasteiger partial charge in [0.05, 0.1) is 5.41 Å². The minimum absolute atomic E-state index is 0.178. The number of rotatable bonds is 9. The van der Waals surface area contributed by atoms with Gasteiger partial charge in [0.15, 0.2) is 0 Å². The summed E-state index contributed by atoms with van der Waals surface area (Å²) >= 11 is 0. The zero-order valence-corrected chi connectivity index (χ0v) is 12.4. The molecule has 110 valence electrons. The Kier molecular flexibility index (Phi) is 5.60. The zero-order chi connectivity index (χ0) is 14.3. The van der Waals surface area contributed by atoms with E-state index in [0.717, 1.165) is 50.9 Å². The first-order valence-electron chi connectivity index (χ1n) is 7.71. The molecule has 1 aliphatic rings. The van der Waals surface area contributed by atoms with E-state index in [1.165, 1.54) is 0 Å². The number of carbonyl (C=O) groups excluding carboxylic acids is 1. The number of unbranched alkanes of at least 4 members (excludes halogenated alkanes) is 1. The SMILES string of the molecule is CCCCOCCCNC(=O)C1(c2ccccc2)CC1. The number of amides is 1. The van der Waals surface area contributed by atoms with Gasteiger partial charge in [0.2, 0.25) is 5.91 Å². The molecule has 20 heavy (non-hydrogen) atoms. The maximum atomic E-state index is 12.3. The summed E-state index contributed by atoms with van der Waals surface area (Å²) in [6, 6.07) is 10.1. The van der Waals surface area contributed by atoms with Crippen LogP contribution in [0.15, 0.2) is 30.3 Å². The maximum Gasteiger partial charge on any atom is 0.230 e. The fourth-order valence-corrected chi connectivity index (χ4v) is 2.42. The lowest BCUT2D eigenvalue weighted by Crippen LogP contribution is -2.35. The molecular formula is C17H25NO2. The van der Waals surface area contributed by atoms with Gasteiger partial charge in [-0.2, -0.15) is 0 Å². The number of hydrogen-bond acceptors (Lipinski definition) is 2. The number of ether oxygens (including phenoxy) is 1. The van der Waals surface area contributed by atoms with Gasteiger partial charge in [-0.25, -0.2) is 0 Å². The molecule has 3 nitrogen and oxygen atoms in total. The molecule has 0 aromatic heterocycles. The number of benzene rings is 1. The van der Waals surface area contributed by atoms with Crippen LogP contribution in [0.1, 0.15) is 44.6 Å². The van der Waals surface area contributed by atoms with Crippen molar-refractivity contribution < 1.29 is 9.53 Å². The van der Waals surface area contributed by atoms with Crippen molar-refractivity contribution in [2.45, 2.75) is 44.4 Å². The van der Waals surface area contributed by atoms with E-state index in [1.54, 1.807) is 0 Å². The van der Waals surface area contributed by atoms with E-state index >= 15 is 0 Å². The molecule has 0 saturated heterocycles. The molecule has 0 spiro atoms. The summed E-state index contributed by atoms with van der Waals surface area (Å²) in [6.45, 7) is 4.43.